The number of piperidine rings is 1. The Morgan fingerprint density at radius 2 is 1.87 bits per heavy atom. The second kappa shape index (κ2) is 12.1. The standard InChI is InChI=1S/C42H51N3O7/c1-22(2)50-39(48)29-18-27-17-26(25-11-14-44(15-12-25)40(49)52-41(5,6)7)21-45(27)36(24(29)4)23(3)28-20-34(47)37-35-30(28)19-32-31-9-10-33(46)38(51-37)42(31,35)13-16-43(32)8/h9-11,17-18,20-23,31-33,38,46-47H,12-16,19H2,1-8H3/t23?,31-,32+,33-,38-,42-/m0/s1. The van der Waals surface area contributed by atoms with E-state index in [9.17, 15) is 19.8 Å². The molecule has 1 unspecified atom stereocenters. The first-order valence-electron chi connectivity index (χ1n) is 18.8. The Morgan fingerprint density at radius 3 is 2.56 bits per heavy atom. The smallest absolute Gasteiger partial charge is 0.410 e. The van der Waals surface area contributed by atoms with Gasteiger partial charge in [0.1, 0.15) is 17.8 Å². The molecule has 2 N–H and O–H groups in total. The number of phenols is 1. The maximum absolute atomic E-state index is 13.6. The molecule has 276 valence electrons. The summed E-state index contributed by atoms with van der Waals surface area (Å²) in [7, 11) is 2.18. The van der Waals surface area contributed by atoms with Crippen LogP contribution in [0.1, 0.15) is 104 Å². The van der Waals surface area contributed by atoms with E-state index in [1.165, 1.54) is 5.56 Å². The Balaban J connectivity index is 1.25. The van der Waals surface area contributed by atoms with Crippen molar-refractivity contribution in [2.75, 3.05) is 26.7 Å². The zero-order chi connectivity index (χ0) is 37.0. The SMILES string of the molecule is Cc1c(C(=O)OC(C)C)cc2cc(C3=CCN(C(=O)OC(C)(C)C)CC3)cn2c1C(C)c1cc(O)c2c3c1C[C@@H]1[C@@H]4C=C[C@H](O)[C@H](O2)[C@]34CCN1C. The van der Waals surface area contributed by atoms with Crippen molar-refractivity contribution in [3.8, 4) is 11.5 Å². The molecule has 5 heterocycles. The Bertz CT molecular complexity index is 2050. The van der Waals surface area contributed by atoms with Crippen molar-refractivity contribution >= 4 is 23.2 Å². The number of aliphatic hydroxyl groups is 1. The highest BCUT2D eigenvalue weighted by Gasteiger charge is 2.64. The molecular weight excluding hydrogens is 658 g/mol. The molecule has 1 saturated heterocycles. The number of carbonyl (C=O) groups is 2. The van der Waals surface area contributed by atoms with Gasteiger partial charge in [-0.3, -0.25) is 0 Å². The van der Waals surface area contributed by atoms with Gasteiger partial charge in [-0.05, 0) is 120 Å². The van der Waals surface area contributed by atoms with Gasteiger partial charge in [0.2, 0.25) is 0 Å². The van der Waals surface area contributed by atoms with Gasteiger partial charge in [0.15, 0.2) is 11.5 Å². The lowest BCUT2D eigenvalue weighted by atomic mass is 9.52. The van der Waals surface area contributed by atoms with Gasteiger partial charge in [-0.15, -0.1) is 0 Å². The number of aliphatic hydroxyl groups excluding tert-OH is 1. The summed E-state index contributed by atoms with van der Waals surface area (Å²) in [6.45, 7) is 15.3. The normalized spacial score (nSPS) is 27.0. The first kappa shape index (κ1) is 34.8. The van der Waals surface area contributed by atoms with Crippen LogP contribution in [0.2, 0.25) is 0 Å². The molecule has 52 heavy (non-hydrogen) atoms. The third-order valence-electron chi connectivity index (χ3n) is 12.2. The molecule has 0 radical (unpaired) electrons. The number of ether oxygens (including phenoxy) is 3. The predicted molar refractivity (Wildman–Crippen MR) is 198 cm³/mol. The molecule has 3 aliphatic heterocycles. The number of likely N-dealkylation sites (N-methyl/N-ethyl adjacent to an activating group) is 1. The molecule has 3 aromatic rings. The zero-order valence-electron chi connectivity index (χ0n) is 31.5. The minimum absolute atomic E-state index is 0.0899. The summed E-state index contributed by atoms with van der Waals surface area (Å²) in [5.41, 5.74) is 7.55. The minimum atomic E-state index is -0.756. The molecule has 1 spiro atoms. The van der Waals surface area contributed by atoms with Gasteiger partial charge in [-0.25, -0.2) is 9.59 Å². The van der Waals surface area contributed by atoms with E-state index in [4.69, 9.17) is 14.2 Å². The number of rotatable bonds is 5. The summed E-state index contributed by atoms with van der Waals surface area (Å²) in [5.74, 6) is 0.169. The lowest BCUT2D eigenvalue weighted by molar-refractivity contribution is -0.0454. The number of benzene rings is 1. The molecule has 2 aliphatic carbocycles. The highest BCUT2D eigenvalue weighted by Crippen LogP contribution is 2.63. The minimum Gasteiger partial charge on any atom is -0.504 e. The summed E-state index contributed by atoms with van der Waals surface area (Å²) in [6, 6.07) is 6.10. The van der Waals surface area contributed by atoms with Crippen LogP contribution in [0.5, 0.6) is 11.5 Å². The number of likely N-dealkylation sites (tertiary alicyclic amines) is 1. The van der Waals surface area contributed by atoms with Gasteiger partial charge < -0.3 is 38.6 Å². The first-order chi connectivity index (χ1) is 24.6. The Morgan fingerprint density at radius 1 is 1.10 bits per heavy atom. The van der Waals surface area contributed by atoms with E-state index in [1.54, 1.807) is 4.90 Å². The number of fused-ring (bicyclic) bond motifs is 1. The van der Waals surface area contributed by atoms with Gasteiger partial charge in [-0.2, -0.15) is 0 Å². The number of nitrogens with zero attached hydrogens (tertiary/aromatic N) is 3. The van der Waals surface area contributed by atoms with Crippen molar-refractivity contribution in [1.29, 1.82) is 0 Å². The van der Waals surface area contributed by atoms with Crippen molar-refractivity contribution in [1.82, 2.24) is 14.2 Å². The van der Waals surface area contributed by atoms with Crippen LogP contribution in [0.25, 0.3) is 11.1 Å². The van der Waals surface area contributed by atoms with Crippen molar-refractivity contribution in [2.24, 2.45) is 5.92 Å². The van der Waals surface area contributed by atoms with Gasteiger partial charge in [0.05, 0.1) is 11.7 Å². The van der Waals surface area contributed by atoms with Gasteiger partial charge >= 0.3 is 12.1 Å². The second-order valence-electron chi connectivity index (χ2n) is 16.8. The Labute approximate surface area is 305 Å². The zero-order valence-corrected chi connectivity index (χ0v) is 31.5. The van der Waals surface area contributed by atoms with E-state index in [-0.39, 0.29) is 41.8 Å². The van der Waals surface area contributed by atoms with Crippen molar-refractivity contribution < 1.29 is 34.0 Å². The van der Waals surface area contributed by atoms with Gasteiger partial charge in [0.25, 0.3) is 0 Å². The van der Waals surface area contributed by atoms with Crippen LogP contribution in [0, 0.1) is 12.8 Å². The quantitative estimate of drug-likeness (QED) is 0.228. The van der Waals surface area contributed by atoms with Crippen molar-refractivity contribution in [3.63, 3.8) is 0 Å². The number of hydrogen-bond donors (Lipinski definition) is 2. The third kappa shape index (κ3) is 5.27. The van der Waals surface area contributed by atoms with E-state index < -0.39 is 23.2 Å². The maximum atomic E-state index is 13.6. The Kier molecular flexibility index (Phi) is 8.12. The lowest BCUT2D eigenvalue weighted by Crippen LogP contribution is -2.64. The number of hydrogen-bond acceptors (Lipinski definition) is 8. The van der Waals surface area contributed by atoms with Crippen LogP contribution in [-0.4, -0.2) is 93.1 Å². The molecule has 1 aromatic carbocycles. The van der Waals surface area contributed by atoms with E-state index in [0.717, 1.165) is 58.4 Å². The topological polar surface area (TPSA) is 113 Å². The monoisotopic (exact) mass is 709 g/mol. The number of aromatic nitrogens is 1. The van der Waals surface area contributed by atoms with E-state index in [1.807, 2.05) is 59.8 Å². The van der Waals surface area contributed by atoms with E-state index >= 15 is 0 Å². The van der Waals surface area contributed by atoms with Crippen LogP contribution < -0.4 is 4.74 Å². The van der Waals surface area contributed by atoms with Crippen molar-refractivity contribution in [2.45, 2.75) is 109 Å². The van der Waals surface area contributed by atoms with E-state index in [2.05, 4.69) is 47.7 Å². The predicted octanol–water partition coefficient (Wildman–Crippen LogP) is 6.50. The molecule has 10 heteroatoms. The lowest BCUT2D eigenvalue weighted by Gasteiger charge is -2.56. The number of esters is 1. The second-order valence-corrected chi connectivity index (χ2v) is 16.8. The maximum Gasteiger partial charge on any atom is 0.410 e. The van der Waals surface area contributed by atoms with Crippen LogP contribution in [0.4, 0.5) is 4.79 Å². The summed E-state index contributed by atoms with van der Waals surface area (Å²) >= 11 is 0. The molecule has 2 aromatic heterocycles. The molecule has 1 fully saturated rings. The number of aromatic hydroxyl groups is 1. The molecule has 1 amide bonds. The highest BCUT2D eigenvalue weighted by molar-refractivity contribution is 5.93. The van der Waals surface area contributed by atoms with Crippen LogP contribution in [0.15, 0.2) is 42.6 Å². The summed E-state index contributed by atoms with van der Waals surface area (Å²) in [6.07, 6.45) is 8.77. The first-order valence-corrected chi connectivity index (χ1v) is 18.8. The van der Waals surface area contributed by atoms with Gasteiger partial charge in [0, 0.05) is 59.4 Å². The van der Waals surface area contributed by atoms with Gasteiger partial charge in [-0.1, -0.05) is 25.2 Å². The number of phenolic OH excluding ortho intramolecular Hbond substituents is 1. The van der Waals surface area contributed by atoms with E-state index in [0.29, 0.717) is 30.8 Å². The summed E-state index contributed by atoms with van der Waals surface area (Å²) < 4.78 is 20.1. The van der Waals surface area contributed by atoms with Crippen LogP contribution in [0.3, 0.4) is 0 Å². The number of amides is 1. The molecule has 2 bridgehead atoms. The number of carbonyl (C=O) groups excluding carboxylic acids is 2. The summed E-state index contributed by atoms with van der Waals surface area (Å²) in [5, 5.41) is 22.9. The van der Waals surface area contributed by atoms with Crippen LogP contribution >= 0.6 is 0 Å². The molecular formula is C42H51N3O7. The highest BCUT2D eigenvalue weighted by atomic mass is 16.6. The molecule has 6 atom stereocenters. The molecule has 10 nitrogen and oxygen atoms in total. The molecule has 8 rings (SSSR count). The fourth-order valence-corrected chi connectivity index (χ4v) is 9.88. The average Bonchev–Trinajstić information content (AvgIpc) is 3.66. The molecule has 0 saturated carbocycles. The largest absolute Gasteiger partial charge is 0.504 e. The number of pyridine rings is 1. The fourth-order valence-electron chi connectivity index (χ4n) is 9.88. The average molecular weight is 710 g/mol. The fraction of sp³-hybridized carbons (Fsp3) is 0.524. The third-order valence-corrected chi connectivity index (χ3v) is 12.2. The summed E-state index contributed by atoms with van der Waals surface area (Å²) in [4.78, 5) is 30.6. The van der Waals surface area contributed by atoms with Crippen LogP contribution in [-0.2, 0) is 21.3 Å². The van der Waals surface area contributed by atoms with Crippen molar-refractivity contribution in [3.05, 3.63) is 81.7 Å². The molecule has 5 aliphatic rings. The Hall–Kier alpha value is -4.28.